The highest BCUT2D eigenvalue weighted by atomic mass is 16.2. The van der Waals surface area contributed by atoms with Gasteiger partial charge in [0.05, 0.1) is 23.5 Å². The summed E-state index contributed by atoms with van der Waals surface area (Å²) in [5.41, 5.74) is 9.65. The Morgan fingerprint density at radius 1 is 1.21 bits per heavy atom. The number of rotatable bonds is 4. The van der Waals surface area contributed by atoms with Crippen molar-refractivity contribution in [2.24, 2.45) is 0 Å². The van der Waals surface area contributed by atoms with Crippen molar-refractivity contribution in [1.82, 2.24) is 29.5 Å². The quantitative estimate of drug-likeness (QED) is 0.542. The molecule has 0 atom stereocenters. The first-order valence-corrected chi connectivity index (χ1v) is 8.80. The Hall–Kier alpha value is -4.25. The number of aromatic nitrogens is 5. The molecule has 8 nitrogen and oxygen atoms in total. The summed E-state index contributed by atoms with van der Waals surface area (Å²) in [7, 11) is 1.63. The molecule has 2 N–H and O–H groups in total. The Bertz CT molecular complexity index is 1240. The first-order chi connectivity index (χ1) is 14.1. The van der Waals surface area contributed by atoms with E-state index >= 15 is 0 Å². The van der Waals surface area contributed by atoms with Gasteiger partial charge in [-0.2, -0.15) is 0 Å². The average Bonchev–Trinajstić information content (AvgIpc) is 3.09. The number of terminal acetylenes is 1. The molecule has 4 rings (SSSR count). The van der Waals surface area contributed by atoms with Gasteiger partial charge in [-0.15, -0.1) is 11.5 Å². The largest absolute Gasteiger partial charge is 0.382 e. The molecule has 0 unspecified atom stereocenters. The van der Waals surface area contributed by atoms with Crippen LogP contribution in [-0.4, -0.2) is 49.0 Å². The summed E-state index contributed by atoms with van der Waals surface area (Å²) >= 11 is 0. The van der Waals surface area contributed by atoms with Crippen LogP contribution in [0.25, 0.3) is 28.2 Å². The number of anilines is 1. The predicted molar refractivity (Wildman–Crippen MR) is 110 cm³/mol. The third-order valence-corrected chi connectivity index (χ3v) is 4.36. The third-order valence-electron chi connectivity index (χ3n) is 4.36. The van der Waals surface area contributed by atoms with E-state index in [9.17, 15) is 4.79 Å². The molecule has 4 aromatic heterocycles. The van der Waals surface area contributed by atoms with E-state index in [1.165, 1.54) is 4.90 Å². The van der Waals surface area contributed by atoms with Crippen LogP contribution in [-0.2, 0) is 0 Å². The molecular formula is C21H17N7O. The van der Waals surface area contributed by atoms with Crippen LogP contribution >= 0.6 is 0 Å². The number of carbonyl (C=O) groups is 1. The van der Waals surface area contributed by atoms with Gasteiger partial charge in [-0.05, 0) is 24.3 Å². The number of hydrogen-bond acceptors (Lipinski definition) is 6. The first kappa shape index (κ1) is 18.1. The maximum atomic E-state index is 12.4. The summed E-state index contributed by atoms with van der Waals surface area (Å²) in [6, 6.07) is 10.8. The minimum Gasteiger partial charge on any atom is -0.382 e. The van der Waals surface area contributed by atoms with Crippen molar-refractivity contribution < 1.29 is 4.79 Å². The predicted octanol–water partition coefficient (Wildman–Crippen LogP) is 2.14. The minimum absolute atomic E-state index is 0.209. The topological polar surface area (TPSA) is 102 Å². The van der Waals surface area contributed by atoms with Gasteiger partial charge in [-0.25, -0.2) is 14.5 Å². The Kier molecular flexibility index (Phi) is 4.63. The van der Waals surface area contributed by atoms with Crippen LogP contribution in [0, 0.1) is 12.3 Å². The Balaban J connectivity index is 1.74. The van der Waals surface area contributed by atoms with Gasteiger partial charge >= 0.3 is 0 Å². The highest BCUT2D eigenvalue weighted by Gasteiger charge is 2.17. The highest BCUT2D eigenvalue weighted by molar-refractivity contribution is 5.93. The normalized spacial score (nSPS) is 10.6. The number of nitrogen functional groups attached to an aromatic ring is 1. The van der Waals surface area contributed by atoms with Gasteiger partial charge in [0, 0.05) is 31.2 Å². The molecule has 0 fully saturated rings. The molecule has 142 valence electrons. The van der Waals surface area contributed by atoms with Crippen LogP contribution in [0.5, 0.6) is 0 Å². The van der Waals surface area contributed by atoms with Crippen LogP contribution in [0.4, 0.5) is 5.82 Å². The second-order valence-corrected chi connectivity index (χ2v) is 6.36. The van der Waals surface area contributed by atoms with Gasteiger partial charge in [0.25, 0.3) is 5.91 Å². The maximum Gasteiger partial charge on any atom is 0.272 e. The van der Waals surface area contributed by atoms with E-state index in [4.69, 9.17) is 12.2 Å². The zero-order valence-electron chi connectivity index (χ0n) is 15.6. The second kappa shape index (κ2) is 7.40. The summed E-state index contributed by atoms with van der Waals surface area (Å²) in [6.07, 6.45) is 10.4. The fourth-order valence-electron chi connectivity index (χ4n) is 2.96. The number of pyridine rings is 2. The van der Waals surface area contributed by atoms with Gasteiger partial charge < -0.3 is 10.6 Å². The maximum absolute atomic E-state index is 12.4. The lowest BCUT2D eigenvalue weighted by atomic mass is 10.2. The molecule has 0 spiro atoms. The number of hydrogen-bond donors (Lipinski definition) is 1. The fourth-order valence-corrected chi connectivity index (χ4v) is 2.96. The molecule has 1 amide bonds. The van der Waals surface area contributed by atoms with Crippen molar-refractivity contribution in [3.05, 3.63) is 60.7 Å². The zero-order valence-corrected chi connectivity index (χ0v) is 15.6. The van der Waals surface area contributed by atoms with Crippen molar-refractivity contribution in [3.8, 4) is 34.9 Å². The molecule has 4 heterocycles. The molecule has 8 heteroatoms. The van der Waals surface area contributed by atoms with E-state index < -0.39 is 0 Å². The van der Waals surface area contributed by atoms with E-state index in [0.717, 1.165) is 0 Å². The Labute approximate surface area is 167 Å². The molecule has 0 saturated carbocycles. The molecule has 0 aliphatic heterocycles. The molecule has 0 saturated heterocycles. The van der Waals surface area contributed by atoms with E-state index in [2.05, 4.69) is 26.0 Å². The fraction of sp³-hybridized carbons (Fsp3) is 0.0952. The number of amides is 1. The van der Waals surface area contributed by atoms with Gasteiger partial charge in [0.1, 0.15) is 5.69 Å². The molecule has 0 aliphatic carbocycles. The Morgan fingerprint density at radius 2 is 2.03 bits per heavy atom. The number of fused-ring (bicyclic) bond motifs is 1. The summed E-state index contributed by atoms with van der Waals surface area (Å²) in [4.78, 5) is 27.2. The number of nitrogens with zero attached hydrogens (tertiary/aromatic N) is 6. The highest BCUT2D eigenvalue weighted by Crippen LogP contribution is 2.28. The summed E-state index contributed by atoms with van der Waals surface area (Å²) in [5.74, 6) is 2.53. The number of nitrogens with two attached hydrogens (primary N) is 1. The first-order valence-electron chi connectivity index (χ1n) is 8.80. The van der Waals surface area contributed by atoms with E-state index in [1.54, 1.807) is 48.4 Å². The molecule has 0 aliphatic rings. The lowest BCUT2D eigenvalue weighted by molar-refractivity contribution is 0.0807. The van der Waals surface area contributed by atoms with Gasteiger partial charge in [0.2, 0.25) is 0 Å². The van der Waals surface area contributed by atoms with Gasteiger partial charge in [-0.3, -0.25) is 9.78 Å². The van der Waals surface area contributed by atoms with Crippen molar-refractivity contribution in [1.29, 1.82) is 0 Å². The van der Waals surface area contributed by atoms with Crippen LogP contribution in [0.2, 0.25) is 0 Å². The lowest BCUT2D eigenvalue weighted by Gasteiger charge is -2.13. The molecule has 29 heavy (non-hydrogen) atoms. The minimum atomic E-state index is -0.250. The zero-order chi connectivity index (χ0) is 20.4. The molecule has 0 radical (unpaired) electrons. The molecule has 0 aromatic carbocycles. The molecule has 4 aromatic rings. The average molecular weight is 383 g/mol. The van der Waals surface area contributed by atoms with Gasteiger partial charge in [-0.1, -0.05) is 18.1 Å². The van der Waals surface area contributed by atoms with Crippen LogP contribution in [0.15, 0.2) is 55.0 Å². The standard InChI is InChI=1S/C21H17N7O/c1-3-11-27(2)21(29)17-9-6-8-15(25-17)14-12-24-20-18(16-7-4-5-10-23-16)19(22)26-28(20)13-14/h1,4-10,12-13H,11H2,2H3,(H2,22,26). The van der Waals surface area contributed by atoms with Gasteiger partial charge in [0.15, 0.2) is 11.5 Å². The summed E-state index contributed by atoms with van der Waals surface area (Å²) < 4.78 is 1.59. The smallest absolute Gasteiger partial charge is 0.272 e. The van der Waals surface area contributed by atoms with Crippen molar-refractivity contribution >= 4 is 17.4 Å². The van der Waals surface area contributed by atoms with E-state index in [0.29, 0.717) is 39.7 Å². The SMILES string of the molecule is C#CCN(C)C(=O)c1cccc(-c2cnc3c(-c4ccccn4)c(N)nn3c2)n1. The number of carbonyl (C=O) groups excluding carboxylic acids is 1. The lowest BCUT2D eigenvalue weighted by Crippen LogP contribution is -2.27. The van der Waals surface area contributed by atoms with E-state index in [-0.39, 0.29) is 12.5 Å². The van der Waals surface area contributed by atoms with Crippen molar-refractivity contribution in [2.75, 3.05) is 19.3 Å². The second-order valence-electron chi connectivity index (χ2n) is 6.36. The van der Waals surface area contributed by atoms with E-state index in [1.807, 2.05) is 18.2 Å². The molecular weight excluding hydrogens is 366 g/mol. The van der Waals surface area contributed by atoms with Crippen molar-refractivity contribution in [3.63, 3.8) is 0 Å². The summed E-state index contributed by atoms with van der Waals surface area (Å²) in [5, 5.41) is 4.35. The third kappa shape index (κ3) is 3.37. The monoisotopic (exact) mass is 383 g/mol. The van der Waals surface area contributed by atoms with Crippen LogP contribution in [0.3, 0.4) is 0 Å². The summed E-state index contributed by atoms with van der Waals surface area (Å²) in [6.45, 7) is 0.209. The van der Waals surface area contributed by atoms with Crippen molar-refractivity contribution in [2.45, 2.75) is 0 Å². The Morgan fingerprint density at radius 3 is 2.79 bits per heavy atom. The van der Waals surface area contributed by atoms with Crippen LogP contribution < -0.4 is 5.73 Å². The molecule has 0 bridgehead atoms. The van der Waals surface area contributed by atoms with Crippen LogP contribution in [0.1, 0.15) is 10.5 Å².